The Labute approximate surface area is 109 Å². The van der Waals surface area contributed by atoms with Gasteiger partial charge in [-0.25, -0.2) is 0 Å². The van der Waals surface area contributed by atoms with Gasteiger partial charge in [-0.1, -0.05) is 0 Å². The van der Waals surface area contributed by atoms with Crippen LogP contribution < -0.4 is 0 Å². The highest BCUT2D eigenvalue weighted by Crippen LogP contribution is 2.22. The molecule has 0 aromatic heterocycles. The summed E-state index contributed by atoms with van der Waals surface area (Å²) in [6, 6.07) is 0.498. The molecule has 0 spiro atoms. The van der Waals surface area contributed by atoms with E-state index < -0.39 is 11.4 Å². The Morgan fingerprint density at radius 3 is 2.06 bits per heavy atom. The van der Waals surface area contributed by atoms with Gasteiger partial charge < -0.3 is 10.0 Å². The number of aliphatic carboxylic acids is 1. The highest BCUT2D eigenvalue weighted by molar-refractivity contribution is 5.84. The van der Waals surface area contributed by atoms with E-state index >= 15 is 0 Å². The van der Waals surface area contributed by atoms with Gasteiger partial charge in [0.25, 0.3) is 0 Å². The molecule has 0 bridgehead atoms. The third kappa shape index (κ3) is 3.70. The number of hydrogen-bond acceptors (Lipinski definition) is 3. The highest BCUT2D eigenvalue weighted by atomic mass is 16.4. The van der Waals surface area contributed by atoms with Gasteiger partial charge in [0.1, 0.15) is 0 Å². The van der Waals surface area contributed by atoms with Crippen molar-refractivity contribution in [3.05, 3.63) is 0 Å². The number of carboxylic acids is 1. The van der Waals surface area contributed by atoms with Gasteiger partial charge >= 0.3 is 5.97 Å². The standard InChI is InChI=1S/C13H24N2O3/c1-10(2)14-5-7-15(8-6-14)11(16)9-13(3,4)12(17)18/h10H,5-9H2,1-4H3,(H,17,18). The molecule has 5 nitrogen and oxygen atoms in total. The predicted molar refractivity (Wildman–Crippen MR) is 69.3 cm³/mol. The van der Waals surface area contributed by atoms with Crippen molar-refractivity contribution >= 4 is 11.9 Å². The van der Waals surface area contributed by atoms with Crippen LogP contribution in [0.4, 0.5) is 0 Å². The van der Waals surface area contributed by atoms with Crippen LogP contribution in [0.3, 0.4) is 0 Å². The molecule has 0 radical (unpaired) electrons. The van der Waals surface area contributed by atoms with Crippen molar-refractivity contribution < 1.29 is 14.7 Å². The second-order valence-corrected chi connectivity index (χ2v) is 5.88. The summed E-state index contributed by atoms with van der Waals surface area (Å²) in [5.41, 5.74) is -0.980. The SMILES string of the molecule is CC(C)N1CCN(C(=O)CC(C)(C)C(=O)O)CC1. The minimum absolute atomic E-state index is 0.0502. The van der Waals surface area contributed by atoms with Gasteiger partial charge in [0.15, 0.2) is 0 Å². The zero-order chi connectivity index (χ0) is 13.9. The Kier molecular flexibility index (Phi) is 4.73. The van der Waals surface area contributed by atoms with Crippen LogP contribution in [0.1, 0.15) is 34.1 Å². The lowest BCUT2D eigenvalue weighted by Gasteiger charge is -2.37. The maximum Gasteiger partial charge on any atom is 0.309 e. The predicted octanol–water partition coefficient (Wildman–Crippen LogP) is 1.04. The van der Waals surface area contributed by atoms with Crippen molar-refractivity contribution in [2.45, 2.75) is 40.2 Å². The molecular weight excluding hydrogens is 232 g/mol. The Balaban J connectivity index is 2.48. The molecule has 1 aliphatic heterocycles. The molecule has 0 unspecified atom stereocenters. The molecule has 1 fully saturated rings. The number of carboxylic acid groups (broad SMARTS) is 1. The third-order valence-electron chi connectivity index (χ3n) is 3.57. The average molecular weight is 256 g/mol. The first-order valence-corrected chi connectivity index (χ1v) is 6.49. The molecule has 18 heavy (non-hydrogen) atoms. The van der Waals surface area contributed by atoms with Gasteiger partial charge in [-0.3, -0.25) is 14.5 Å². The molecule has 104 valence electrons. The number of hydrogen-bond donors (Lipinski definition) is 1. The number of carbonyl (C=O) groups excluding carboxylic acids is 1. The van der Waals surface area contributed by atoms with Gasteiger partial charge in [0, 0.05) is 38.6 Å². The van der Waals surface area contributed by atoms with Crippen LogP contribution in [0, 0.1) is 5.41 Å². The summed E-state index contributed by atoms with van der Waals surface area (Å²) in [6.45, 7) is 10.6. The monoisotopic (exact) mass is 256 g/mol. The molecular formula is C13H24N2O3. The van der Waals surface area contributed by atoms with Crippen LogP contribution in [-0.2, 0) is 9.59 Å². The maximum atomic E-state index is 12.0. The molecule has 1 rings (SSSR count). The average Bonchev–Trinajstić information content (AvgIpc) is 2.28. The molecule has 0 aliphatic carbocycles. The molecule has 0 atom stereocenters. The van der Waals surface area contributed by atoms with Crippen molar-refractivity contribution in [2.24, 2.45) is 5.41 Å². The second-order valence-electron chi connectivity index (χ2n) is 5.88. The fraction of sp³-hybridized carbons (Fsp3) is 0.846. The quantitative estimate of drug-likeness (QED) is 0.816. The van der Waals surface area contributed by atoms with Crippen LogP contribution in [0.15, 0.2) is 0 Å². The van der Waals surface area contributed by atoms with E-state index in [1.807, 2.05) is 0 Å². The molecule has 0 aromatic rings. The van der Waals surface area contributed by atoms with Crippen LogP contribution in [-0.4, -0.2) is 59.0 Å². The van der Waals surface area contributed by atoms with Gasteiger partial charge in [-0.15, -0.1) is 0 Å². The lowest BCUT2D eigenvalue weighted by atomic mass is 9.89. The van der Waals surface area contributed by atoms with Gasteiger partial charge in [-0.05, 0) is 27.7 Å². The number of rotatable bonds is 4. The fourth-order valence-electron chi connectivity index (χ4n) is 2.05. The summed E-state index contributed by atoms with van der Waals surface area (Å²) < 4.78 is 0. The molecule has 0 aromatic carbocycles. The summed E-state index contributed by atoms with van der Waals surface area (Å²) in [4.78, 5) is 27.1. The highest BCUT2D eigenvalue weighted by Gasteiger charge is 2.33. The summed E-state index contributed by atoms with van der Waals surface area (Å²) in [5, 5.41) is 9.02. The number of carbonyl (C=O) groups is 2. The van der Waals surface area contributed by atoms with Crippen LogP contribution >= 0.6 is 0 Å². The minimum atomic E-state index is -0.980. The number of amides is 1. The largest absolute Gasteiger partial charge is 0.481 e. The van der Waals surface area contributed by atoms with E-state index in [0.717, 1.165) is 13.1 Å². The van der Waals surface area contributed by atoms with Gasteiger partial charge in [0.2, 0.25) is 5.91 Å². The maximum absolute atomic E-state index is 12.0. The fourth-order valence-corrected chi connectivity index (χ4v) is 2.05. The van der Waals surface area contributed by atoms with E-state index in [9.17, 15) is 9.59 Å². The topological polar surface area (TPSA) is 60.9 Å². The first-order valence-electron chi connectivity index (χ1n) is 6.49. The van der Waals surface area contributed by atoms with E-state index in [-0.39, 0.29) is 12.3 Å². The molecule has 5 heteroatoms. The molecule has 0 saturated carbocycles. The first kappa shape index (κ1) is 15.0. The van der Waals surface area contributed by atoms with Crippen molar-refractivity contribution in [3.63, 3.8) is 0 Å². The van der Waals surface area contributed by atoms with E-state index in [4.69, 9.17) is 5.11 Å². The Morgan fingerprint density at radius 2 is 1.67 bits per heavy atom. The summed E-state index contributed by atoms with van der Waals surface area (Å²) in [7, 11) is 0. The zero-order valence-electron chi connectivity index (χ0n) is 11.8. The summed E-state index contributed by atoms with van der Waals surface area (Å²) >= 11 is 0. The van der Waals surface area contributed by atoms with Crippen molar-refractivity contribution in [3.8, 4) is 0 Å². The lowest BCUT2D eigenvalue weighted by Crippen LogP contribution is -2.51. The molecule has 1 heterocycles. The third-order valence-corrected chi connectivity index (χ3v) is 3.57. The van der Waals surface area contributed by atoms with E-state index in [1.54, 1.807) is 18.7 Å². The van der Waals surface area contributed by atoms with Crippen LogP contribution in [0.5, 0.6) is 0 Å². The van der Waals surface area contributed by atoms with Gasteiger partial charge in [-0.2, -0.15) is 0 Å². The minimum Gasteiger partial charge on any atom is -0.481 e. The van der Waals surface area contributed by atoms with E-state index in [1.165, 1.54) is 0 Å². The molecule has 1 aliphatic rings. The smallest absolute Gasteiger partial charge is 0.309 e. The normalized spacial score (nSPS) is 18.2. The van der Waals surface area contributed by atoms with Crippen LogP contribution in [0.2, 0.25) is 0 Å². The van der Waals surface area contributed by atoms with E-state index in [0.29, 0.717) is 19.1 Å². The number of piperazine rings is 1. The Morgan fingerprint density at radius 1 is 1.17 bits per heavy atom. The van der Waals surface area contributed by atoms with Crippen molar-refractivity contribution in [1.82, 2.24) is 9.80 Å². The second kappa shape index (κ2) is 5.69. The van der Waals surface area contributed by atoms with E-state index in [2.05, 4.69) is 18.7 Å². The molecule has 1 saturated heterocycles. The molecule has 1 amide bonds. The summed E-state index contributed by atoms with van der Waals surface area (Å²) in [6.07, 6.45) is 0.0734. The van der Waals surface area contributed by atoms with Gasteiger partial charge in [0.05, 0.1) is 5.41 Å². The molecule has 1 N–H and O–H groups in total. The van der Waals surface area contributed by atoms with Crippen molar-refractivity contribution in [1.29, 1.82) is 0 Å². The van der Waals surface area contributed by atoms with Crippen LogP contribution in [0.25, 0.3) is 0 Å². The van der Waals surface area contributed by atoms with Crippen molar-refractivity contribution in [2.75, 3.05) is 26.2 Å². The lowest BCUT2D eigenvalue weighted by molar-refractivity contribution is -0.152. The first-order chi connectivity index (χ1) is 8.24. The summed E-state index contributed by atoms with van der Waals surface area (Å²) in [5.74, 6) is -0.970. The number of nitrogens with zero attached hydrogens (tertiary/aromatic N) is 2. The Hall–Kier alpha value is -1.10. The zero-order valence-corrected chi connectivity index (χ0v) is 11.8. The Bertz CT molecular complexity index is 318.